The number of carbonyl (C=O) groups is 1. The molecule has 0 aliphatic rings. The zero-order chi connectivity index (χ0) is 9.61. The summed E-state index contributed by atoms with van der Waals surface area (Å²) in [6.07, 6.45) is 2.05. The van der Waals surface area contributed by atoms with Gasteiger partial charge in [-0.1, -0.05) is 13.3 Å². The zero-order valence-electron chi connectivity index (χ0n) is 7.63. The highest BCUT2D eigenvalue weighted by Gasteiger charge is 2.28. The molecule has 3 N–H and O–H groups in total. The van der Waals surface area contributed by atoms with E-state index < -0.39 is 11.6 Å². The van der Waals surface area contributed by atoms with E-state index in [0.717, 1.165) is 19.4 Å². The van der Waals surface area contributed by atoms with E-state index in [9.17, 15) is 9.90 Å². The highest BCUT2D eigenvalue weighted by atomic mass is 16.4. The number of aliphatic carboxylic acids is 1. The maximum absolute atomic E-state index is 10.4. The van der Waals surface area contributed by atoms with Crippen molar-refractivity contribution in [1.29, 1.82) is 0 Å². The lowest BCUT2D eigenvalue weighted by Crippen LogP contribution is -2.45. The maximum atomic E-state index is 10.4. The van der Waals surface area contributed by atoms with Gasteiger partial charge in [0.2, 0.25) is 0 Å². The third-order valence-electron chi connectivity index (χ3n) is 1.64. The van der Waals surface area contributed by atoms with Crippen LogP contribution in [0.2, 0.25) is 0 Å². The summed E-state index contributed by atoms with van der Waals surface area (Å²) < 4.78 is 0. The first kappa shape index (κ1) is 11.4. The Hall–Kier alpha value is -0.610. The topological polar surface area (TPSA) is 69.6 Å². The quantitative estimate of drug-likeness (QED) is 0.505. The molecule has 72 valence electrons. The number of unbranched alkanes of at least 4 members (excludes halogenated alkanes) is 1. The van der Waals surface area contributed by atoms with Crippen LogP contribution in [0.3, 0.4) is 0 Å². The van der Waals surface area contributed by atoms with Crippen molar-refractivity contribution in [3.63, 3.8) is 0 Å². The molecule has 4 nitrogen and oxygen atoms in total. The van der Waals surface area contributed by atoms with Gasteiger partial charge in [-0.05, 0) is 19.9 Å². The summed E-state index contributed by atoms with van der Waals surface area (Å²) in [4.78, 5) is 10.4. The maximum Gasteiger partial charge on any atom is 0.336 e. The summed E-state index contributed by atoms with van der Waals surface area (Å²) in [6, 6.07) is 0. The smallest absolute Gasteiger partial charge is 0.336 e. The molecule has 12 heavy (non-hydrogen) atoms. The molecule has 0 bridgehead atoms. The molecule has 0 rings (SSSR count). The molecule has 0 aliphatic carbocycles. The summed E-state index contributed by atoms with van der Waals surface area (Å²) in [7, 11) is 0. The minimum Gasteiger partial charge on any atom is -0.479 e. The monoisotopic (exact) mass is 175 g/mol. The highest BCUT2D eigenvalue weighted by molar-refractivity contribution is 5.76. The Balaban J connectivity index is 3.54. The van der Waals surface area contributed by atoms with Crippen molar-refractivity contribution in [3.05, 3.63) is 0 Å². The van der Waals surface area contributed by atoms with Gasteiger partial charge in [0, 0.05) is 6.54 Å². The van der Waals surface area contributed by atoms with Gasteiger partial charge in [-0.3, -0.25) is 0 Å². The largest absolute Gasteiger partial charge is 0.479 e. The van der Waals surface area contributed by atoms with Crippen molar-refractivity contribution < 1.29 is 15.0 Å². The molecule has 0 spiro atoms. The minimum atomic E-state index is -1.65. The Bertz CT molecular complexity index is 145. The van der Waals surface area contributed by atoms with Crippen LogP contribution in [-0.2, 0) is 4.79 Å². The average molecular weight is 175 g/mol. The molecule has 1 atom stereocenters. The Labute approximate surface area is 72.6 Å². The molecule has 0 fully saturated rings. The van der Waals surface area contributed by atoms with Gasteiger partial charge < -0.3 is 15.5 Å². The van der Waals surface area contributed by atoms with Gasteiger partial charge in [-0.15, -0.1) is 0 Å². The van der Waals surface area contributed by atoms with Gasteiger partial charge in [0.15, 0.2) is 5.60 Å². The lowest BCUT2D eigenvalue weighted by atomic mass is 10.1. The van der Waals surface area contributed by atoms with Crippen molar-refractivity contribution in [3.8, 4) is 0 Å². The van der Waals surface area contributed by atoms with Gasteiger partial charge in [-0.25, -0.2) is 4.79 Å². The summed E-state index contributed by atoms with van der Waals surface area (Å²) >= 11 is 0. The Morgan fingerprint density at radius 2 is 2.17 bits per heavy atom. The van der Waals surface area contributed by atoms with Crippen molar-refractivity contribution in [1.82, 2.24) is 5.32 Å². The molecule has 0 aliphatic heterocycles. The lowest BCUT2D eigenvalue weighted by molar-refractivity contribution is -0.156. The van der Waals surface area contributed by atoms with Gasteiger partial charge in [-0.2, -0.15) is 0 Å². The number of nitrogens with one attached hydrogen (secondary N) is 1. The van der Waals surface area contributed by atoms with E-state index in [0.29, 0.717) is 0 Å². The predicted octanol–water partition coefficient (Wildman–Crippen LogP) is 0.212. The van der Waals surface area contributed by atoms with Crippen LogP contribution in [0.15, 0.2) is 0 Å². The fourth-order valence-corrected chi connectivity index (χ4v) is 0.709. The molecular weight excluding hydrogens is 158 g/mol. The molecule has 0 aromatic carbocycles. The number of carboxylic acids is 1. The standard InChI is InChI=1S/C8H17NO3/c1-3-4-5-9-6-8(2,12)7(10)11/h9,12H,3-6H2,1-2H3,(H,10,11). The molecule has 1 unspecified atom stereocenters. The van der Waals surface area contributed by atoms with Crippen LogP contribution < -0.4 is 5.32 Å². The number of carboxylic acid groups (broad SMARTS) is 1. The van der Waals surface area contributed by atoms with E-state index in [2.05, 4.69) is 12.2 Å². The first-order valence-electron chi connectivity index (χ1n) is 4.17. The third kappa shape index (κ3) is 4.31. The molecule has 0 saturated heterocycles. The van der Waals surface area contributed by atoms with Gasteiger partial charge in [0.25, 0.3) is 0 Å². The SMILES string of the molecule is CCCCNCC(C)(O)C(=O)O. The summed E-state index contributed by atoms with van der Waals surface area (Å²) in [5.41, 5.74) is -1.65. The van der Waals surface area contributed by atoms with E-state index in [-0.39, 0.29) is 6.54 Å². The first-order valence-corrected chi connectivity index (χ1v) is 4.17. The van der Waals surface area contributed by atoms with Crippen LogP contribution in [0.25, 0.3) is 0 Å². The number of aliphatic hydroxyl groups is 1. The lowest BCUT2D eigenvalue weighted by Gasteiger charge is -2.17. The zero-order valence-corrected chi connectivity index (χ0v) is 7.63. The van der Waals surface area contributed by atoms with E-state index in [1.165, 1.54) is 6.92 Å². The van der Waals surface area contributed by atoms with E-state index in [1.54, 1.807) is 0 Å². The normalized spacial score (nSPS) is 15.6. The minimum absolute atomic E-state index is 0.0995. The van der Waals surface area contributed by atoms with Crippen LogP contribution in [0.5, 0.6) is 0 Å². The van der Waals surface area contributed by atoms with Crippen molar-refractivity contribution >= 4 is 5.97 Å². The second kappa shape index (κ2) is 5.11. The fraction of sp³-hybridized carbons (Fsp3) is 0.875. The molecule has 0 amide bonds. The van der Waals surface area contributed by atoms with Crippen molar-refractivity contribution in [2.24, 2.45) is 0 Å². The molecular formula is C8H17NO3. The number of hydrogen-bond donors (Lipinski definition) is 3. The van der Waals surface area contributed by atoms with Crippen LogP contribution in [0.4, 0.5) is 0 Å². The van der Waals surface area contributed by atoms with Gasteiger partial charge >= 0.3 is 5.97 Å². The van der Waals surface area contributed by atoms with Crippen LogP contribution in [0.1, 0.15) is 26.7 Å². The Kier molecular flexibility index (Phi) is 4.85. The molecule has 0 saturated carbocycles. The second-order valence-electron chi connectivity index (χ2n) is 3.11. The third-order valence-corrected chi connectivity index (χ3v) is 1.64. The van der Waals surface area contributed by atoms with Crippen LogP contribution in [0, 0.1) is 0 Å². The first-order chi connectivity index (χ1) is 5.50. The highest BCUT2D eigenvalue weighted by Crippen LogP contribution is 2.00. The van der Waals surface area contributed by atoms with Gasteiger partial charge in [0.05, 0.1) is 0 Å². The summed E-state index contributed by atoms with van der Waals surface area (Å²) in [5, 5.41) is 20.6. The number of hydrogen-bond acceptors (Lipinski definition) is 3. The second-order valence-corrected chi connectivity index (χ2v) is 3.11. The van der Waals surface area contributed by atoms with Gasteiger partial charge in [0.1, 0.15) is 0 Å². The molecule has 4 heteroatoms. The Morgan fingerprint density at radius 3 is 2.58 bits per heavy atom. The molecule has 0 radical (unpaired) electrons. The predicted molar refractivity (Wildman–Crippen MR) is 46.0 cm³/mol. The molecule has 0 heterocycles. The van der Waals surface area contributed by atoms with Crippen LogP contribution in [-0.4, -0.2) is 34.9 Å². The average Bonchev–Trinajstić information content (AvgIpc) is 1.98. The summed E-state index contributed by atoms with van der Waals surface area (Å²) in [6.45, 7) is 4.19. The van der Waals surface area contributed by atoms with E-state index in [4.69, 9.17) is 5.11 Å². The van der Waals surface area contributed by atoms with E-state index >= 15 is 0 Å². The number of rotatable bonds is 6. The van der Waals surface area contributed by atoms with Crippen molar-refractivity contribution in [2.75, 3.05) is 13.1 Å². The van der Waals surface area contributed by atoms with Crippen molar-refractivity contribution in [2.45, 2.75) is 32.3 Å². The summed E-state index contributed by atoms with van der Waals surface area (Å²) in [5.74, 6) is -1.19. The fourth-order valence-electron chi connectivity index (χ4n) is 0.709. The molecule has 0 aromatic heterocycles. The van der Waals surface area contributed by atoms with Crippen LogP contribution >= 0.6 is 0 Å². The van der Waals surface area contributed by atoms with E-state index in [1.807, 2.05) is 0 Å². The molecule has 0 aromatic rings. The Morgan fingerprint density at radius 1 is 1.58 bits per heavy atom.